The number of halogens is 1. The van der Waals surface area contributed by atoms with Crippen LogP contribution in [0, 0.1) is 6.92 Å². The highest BCUT2D eigenvalue weighted by atomic mass is 35.5. The van der Waals surface area contributed by atoms with Crippen molar-refractivity contribution >= 4 is 46.6 Å². The van der Waals surface area contributed by atoms with E-state index in [1.54, 1.807) is 11.8 Å². The molecule has 0 saturated carbocycles. The summed E-state index contributed by atoms with van der Waals surface area (Å²) < 4.78 is 0. The van der Waals surface area contributed by atoms with Crippen molar-refractivity contribution in [3.05, 3.63) is 70.2 Å². The number of benzene rings is 2. The van der Waals surface area contributed by atoms with E-state index in [-0.39, 0.29) is 5.91 Å². The zero-order chi connectivity index (χ0) is 18.1. The molecule has 3 N–H and O–H groups in total. The molecule has 0 aliphatic carbocycles. The molecule has 0 fully saturated rings. The van der Waals surface area contributed by atoms with Crippen molar-refractivity contribution in [2.45, 2.75) is 19.2 Å². The maximum Gasteiger partial charge on any atom is 0.248 e. The second-order valence-corrected chi connectivity index (χ2v) is 7.23. The van der Waals surface area contributed by atoms with Gasteiger partial charge in [-0.1, -0.05) is 48.0 Å². The molecule has 2 rings (SSSR count). The maximum atomic E-state index is 11.8. The third-order valence-corrected chi connectivity index (χ3v) is 4.91. The summed E-state index contributed by atoms with van der Waals surface area (Å²) in [6, 6.07) is 15.6. The van der Waals surface area contributed by atoms with Gasteiger partial charge in [0.05, 0.1) is 5.75 Å². The van der Waals surface area contributed by atoms with Crippen LogP contribution in [0.15, 0.2) is 48.5 Å². The van der Waals surface area contributed by atoms with Crippen LogP contribution in [0.2, 0.25) is 5.02 Å². The monoisotopic (exact) mass is 393 g/mol. The fourth-order valence-corrected chi connectivity index (χ4v) is 3.17. The average molecular weight is 394 g/mol. The molecule has 0 aliphatic heterocycles. The molecule has 1 amide bonds. The molecular weight excluding hydrogens is 374 g/mol. The number of rotatable bonds is 6. The summed E-state index contributed by atoms with van der Waals surface area (Å²) in [5.41, 5.74) is 8.83. The van der Waals surface area contributed by atoms with E-state index in [4.69, 9.17) is 23.8 Å². The number of carbonyl (C=O) groups excluding carboxylic acids is 1. The van der Waals surface area contributed by atoms with Crippen molar-refractivity contribution < 1.29 is 4.79 Å². The van der Waals surface area contributed by atoms with Gasteiger partial charge < -0.3 is 5.32 Å². The molecule has 7 heteroatoms. The van der Waals surface area contributed by atoms with Gasteiger partial charge in [-0.2, -0.15) is 0 Å². The summed E-state index contributed by atoms with van der Waals surface area (Å²) >= 11 is 12.5. The van der Waals surface area contributed by atoms with Gasteiger partial charge in [0.15, 0.2) is 5.11 Å². The minimum Gasteiger partial charge on any atom is -0.357 e. The lowest BCUT2D eigenvalue weighted by Gasteiger charge is -2.12. The lowest BCUT2D eigenvalue weighted by atomic mass is 10.1. The van der Waals surface area contributed by atoms with Gasteiger partial charge in [-0.25, -0.2) is 0 Å². The van der Waals surface area contributed by atoms with Gasteiger partial charge in [-0.15, -0.1) is 11.8 Å². The molecule has 0 unspecified atom stereocenters. The molecule has 0 atom stereocenters. The van der Waals surface area contributed by atoms with Crippen molar-refractivity contribution in [3.8, 4) is 0 Å². The number of amides is 1. The Labute approximate surface area is 162 Å². The molecule has 25 heavy (non-hydrogen) atoms. The second kappa shape index (κ2) is 10.3. The van der Waals surface area contributed by atoms with E-state index in [0.29, 0.717) is 22.4 Å². The van der Waals surface area contributed by atoms with Gasteiger partial charge in [-0.3, -0.25) is 15.6 Å². The van der Waals surface area contributed by atoms with E-state index in [1.807, 2.05) is 36.4 Å². The molecule has 0 aromatic heterocycles. The topological polar surface area (TPSA) is 53.2 Å². The van der Waals surface area contributed by atoms with Crippen molar-refractivity contribution in [2.24, 2.45) is 0 Å². The molecule has 0 aliphatic rings. The Kier molecular flexibility index (Phi) is 8.04. The third kappa shape index (κ3) is 7.34. The van der Waals surface area contributed by atoms with E-state index in [2.05, 4.69) is 35.2 Å². The molecule has 0 heterocycles. The number of thioether (sulfide) groups is 1. The van der Waals surface area contributed by atoms with E-state index in [0.717, 1.165) is 11.3 Å². The normalized spacial score (nSPS) is 10.2. The average Bonchev–Trinajstić information content (AvgIpc) is 2.61. The van der Waals surface area contributed by atoms with Crippen LogP contribution in [-0.4, -0.2) is 16.8 Å². The Balaban J connectivity index is 1.61. The smallest absolute Gasteiger partial charge is 0.248 e. The van der Waals surface area contributed by atoms with Gasteiger partial charge in [0.25, 0.3) is 0 Å². The van der Waals surface area contributed by atoms with Crippen molar-refractivity contribution in [3.63, 3.8) is 0 Å². The third-order valence-electron chi connectivity index (χ3n) is 3.43. The summed E-state index contributed by atoms with van der Waals surface area (Å²) in [6.07, 6.45) is 0. The van der Waals surface area contributed by atoms with Crippen LogP contribution in [0.4, 0.5) is 0 Å². The van der Waals surface area contributed by atoms with Gasteiger partial charge in [-0.05, 0) is 48.0 Å². The second-order valence-electron chi connectivity index (χ2n) is 5.40. The van der Waals surface area contributed by atoms with E-state index in [1.165, 1.54) is 11.1 Å². The molecule has 2 aromatic carbocycles. The number of thiocarbonyl (C=S) groups is 1. The largest absolute Gasteiger partial charge is 0.357 e. The zero-order valence-electron chi connectivity index (χ0n) is 13.8. The Morgan fingerprint density at radius 1 is 1.12 bits per heavy atom. The Morgan fingerprint density at radius 2 is 1.84 bits per heavy atom. The molecule has 2 aromatic rings. The Bertz CT molecular complexity index is 723. The number of hydrogen-bond acceptors (Lipinski definition) is 3. The molecule has 132 valence electrons. The standard InChI is InChI=1S/C18H20ClN3OS2/c1-13-4-2-3-5-15(13)11-25-12-17(23)21-22-18(24)20-10-14-6-8-16(19)9-7-14/h2-9H,10-12H2,1H3,(H,21,23)(H2,20,22,24). The van der Waals surface area contributed by atoms with Crippen LogP contribution in [0.1, 0.15) is 16.7 Å². The quantitative estimate of drug-likeness (QED) is 0.517. The van der Waals surface area contributed by atoms with Crippen molar-refractivity contribution in [2.75, 3.05) is 5.75 Å². The first-order valence-corrected chi connectivity index (χ1v) is 9.68. The van der Waals surface area contributed by atoms with E-state index < -0.39 is 0 Å². The lowest BCUT2D eigenvalue weighted by molar-refractivity contribution is -0.119. The minimum atomic E-state index is -0.116. The Hall–Kier alpha value is -1.76. The molecule has 0 radical (unpaired) electrons. The number of aryl methyl sites for hydroxylation is 1. The Morgan fingerprint density at radius 3 is 2.56 bits per heavy atom. The molecule has 0 bridgehead atoms. The highest BCUT2D eigenvalue weighted by molar-refractivity contribution is 7.99. The van der Waals surface area contributed by atoms with Crippen LogP contribution in [0.3, 0.4) is 0 Å². The van der Waals surface area contributed by atoms with Gasteiger partial charge in [0.2, 0.25) is 5.91 Å². The maximum absolute atomic E-state index is 11.8. The predicted molar refractivity (Wildman–Crippen MR) is 110 cm³/mol. The summed E-state index contributed by atoms with van der Waals surface area (Å²) in [6.45, 7) is 2.63. The summed E-state index contributed by atoms with van der Waals surface area (Å²) in [5.74, 6) is 1.05. The van der Waals surface area contributed by atoms with Crippen molar-refractivity contribution in [1.82, 2.24) is 16.2 Å². The number of carbonyl (C=O) groups is 1. The highest BCUT2D eigenvalue weighted by Gasteiger charge is 2.04. The van der Waals surface area contributed by atoms with Crippen LogP contribution >= 0.6 is 35.6 Å². The molecule has 0 spiro atoms. The molecule has 0 saturated heterocycles. The first-order chi connectivity index (χ1) is 12.0. The predicted octanol–water partition coefficient (Wildman–Crippen LogP) is 3.58. The van der Waals surface area contributed by atoms with Crippen LogP contribution in [0.25, 0.3) is 0 Å². The van der Waals surface area contributed by atoms with Gasteiger partial charge in [0, 0.05) is 17.3 Å². The number of nitrogens with one attached hydrogen (secondary N) is 3. The first kappa shape index (κ1) is 19.6. The van der Waals surface area contributed by atoms with Gasteiger partial charge in [0.1, 0.15) is 0 Å². The zero-order valence-corrected chi connectivity index (χ0v) is 16.2. The van der Waals surface area contributed by atoms with Crippen LogP contribution < -0.4 is 16.2 Å². The minimum absolute atomic E-state index is 0.116. The van der Waals surface area contributed by atoms with E-state index >= 15 is 0 Å². The number of hydrogen-bond donors (Lipinski definition) is 3. The van der Waals surface area contributed by atoms with E-state index in [9.17, 15) is 4.79 Å². The first-order valence-electron chi connectivity index (χ1n) is 7.74. The summed E-state index contributed by atoms with van der Waals surface area (Å²) in [7, 11) is 0. The highest BCUT2D eigenvalue weighted by Crippen LogP contribution is 2.15. The van der Waals surface area contributed by atoms with Crippen LogP contribution in [0.5, 0.6) is 0 Å². The summed E-state index contributed by atoms with van der Waals surface area (Å²) in [4.78, 5) is 11.8. The fourth-order valence-electron chi connectivity index (χ4n) is 2.02. The molecular formula is C18H20ClN3OS2. The van der Waals surface area contributed by atoms with Gasteiger partial charge >= 0.3 is 0 Å². The molecule has 4 nitrogen and oxygen atoms in total. The number of hydrazine groups is 1. The van der Waals surface area contributed by atoms with Crippen molar-refractivity contribution in [1.29, 1.82) is 0 Å². The van der Waals surface area contributed by atoms with Crippen LogP contribution in [-0.2, 0) is 17.1 Å². The summed E-state index contributed by atoms with van der Waals surface area (Å²) in [5, 5.41) is 4.08. The SMILES string of the molecule is Cc1ccccc1CSCC(=O)NNC(=S)NCc1ccc(Cl)cc1. The fraction of sp³-hybridized carbons (Fsp3) is 0.222. The lowest BCUT2D eigenvalue weighted by Crippen LogP contribution is -2.47.